The van der Waals surface area contributed by atoms with Gasteiger partial charge in [0.05, 0.1) is 6.61 Å². The smallest absolute Gasteiger partial charge is 0.222 e. The Balaban J connectivity index is 1.90. The van der Waals surface area contributed by atoms with Crippen LogP contribution in [0.5, 0.6) is 5.75 Å². The van der Waals surface area contributed by atoms with Gasteiger partial charge in [0.1, 0.15) is 12.4 Å². The number of carbonyl (C=O) groups excluding carboxylic acids is 1. The number of hydrogen-bond donors (Lipinski definition) is 2. The summed E-state index contributed by atoms with van der Waals surface area (Å²) in [6.07, 6.45) is 0.246. The number of hydrogen-bond acceptors (Lipinski definition) is 4. The highest BCUT2D eigenvalue weighted by Gasteiger charge is 2.12. The minimum Gasteiger partial charge on any atom is -0.491 e. The standard InChI is InChI=1S/C20H26N2O3/c1-15-8-9-17(19(12-15)25-11-10-24-2)14-22-20(23)13-18(21)16-6-4-3-5-7-16/h3-9,12,18H,10-11,13-14,21H2,1-2H3,(H,22,23). The van der Waals surface area contributed by atoms with E-state index in [9.17, 15) is 4.79 Å². The molecule has 134 valence electrons. The lowest BCUT2D eigenvalue weighted by atomic mass is 10.0. The van der Waals surface area contributed by atoms with Gasteiger partial charge in [-0.15, -0.1) is 0 Å². The third-order valence-electron chi connectivity index (χ3n) is 3.88. The lowest BCUT2D eigenvalue weighted by molar-refractivity contribution is -0.121. The van der Waals surface area contributed by atoms with Crippen molar-refractivity contribution < 1.29 is 14.3 Å². The van der Waals surface area contributed by atoms with Crippen LogP contribution in [0.2, 0.25) is 0 Å². The van der Waals surface area contributed by atoms with Crippen LogP contribution in [0.1, 0.15) is 29.2 Å². The second-order valence-electron chi connectivity index (χ2n) is 5.95. The molecular weight excluding hydrogens is 316 g/mol. The third-order valence-corrected chi connectivity index (χ3v) is 3.88. The fourth-order valence-corrected chi connectivity index (χ4v) is 2.46. The van der Waals surface area contributed by atoms with Gasteiger partial charge in [0.15, 0.2) is 0 Å². The summed E-state index contributed by atoms with van der Waals surface area (Å²) in [4.78, 5) is 12.2. The average Bonchev–Trinajstić information content (AvgIpc) is 2.62. The van der Waals surface area contributed by atoms with E-state index >= 15 is 0 Å². The summed E-state index contributed by atoms with van der Waals surface area (Å²) in [5, 5.41) is 2.92. The molecular formula is C20H26N2O3. The first-order chi connectivity index (χ1) is 12.1. The number of methoxy groups -OCH3 is 1. The van der Waals surface area contributed by atoms with Gasteiger partial charge in [0.2, 0.25) is 5.91 Å². The predicted octanol–water partition coefficient (Wildman–Crippen LogP) is 2.73. The Hall–Kier alpha value is -2.37. The number of amides is 1. The van der Waals surface area contributed by atoms with Gasteiger partial charge in [-0.25, -0.2) is 0 Å². The average molecular weight is 342 g/mol. The van der Waals surface area contributed by atoms with Crippen LogP contribution in [0.4, 0.5) is 0 Å². The van der Waals surface area contributed by atoms with Gasteiger partial charge in [-0.2, -0.15) is 0 Å². The van der Waals surface area contributed by atoms with Crippen molar-refractivity contribution in [1.29, 1.82) is 0 Å². The van der Waals surface area contributed by atoms with Crippen LogP contribution < -0.4 is 15.8 Å². The Morgan fingerprint density at radius 1 is 1.16 bits per heavy atom. The molecule has 0 heterocycles. The fraction of sp³-hybridized carbons (Fsp3) is 0.350. The number of carbonyl (C=O) groups is 1. The quantitative estimate of drug-likeness (QED) is 0.687. The van der Waals surface area contributed by atoms with Crippen LogP contribution >= 0.6 is 0 Å². The Bertz CT molecular complexity index is 674. The summed E-state index contributed by atoms with van der Waals surface area (Å²) < 4.78 is 10.7. The van der Waals surface area contributed by atoms with E-state index in [4.69, 9.17) is 15.2 Å². The SMILES string of the molecule is COCCOc1cc(C)ccc1CNC(=O)CC(N)c1ccccc1. The van der Waals surface area contributed by atoms with E-state index in [1.165, 1.54) is 0 Å². The second-order valence-corrected chi connectivity index (χ2v) is 5.95. The van der Waals surface area contributed by atoms with Crippen molar-refractivity contribution in [3.8, 4) is 5.75 Å². The Kier molecular flexibility index (Phi) is 7.44. The molecule has 3 N–H and O–H groups in total. The van der Waals surface area contributed by atoms with E-state index in [0.717, 1.165) is 22.4 Å². The molecule has 5 heteroatoms. The van der Waals surface area contributed by atoms with Crippen molar-refractivity contribution in [3.05, 3.63) is 65.2 Å². The summed E-state index contributed by atoms with van der Waals surface area (Å²) in [7, 11) is 1.64. The van der Waals surface area contributed by atoms with Crippen molar-refractivity contribution in [2.75, 3.05) is 20.3 Å². The third kappa shape index (κ3) is 6.21. The fourth-order valence-electron chi connectivity index (χ4n) is 2.46. The van der Waals surface area contributed by atoms with Crippen molar-refractivity contribution in [1.82, 2.24) is 5.32 Å². The number of benzene rings is 2. The largest absolute Gasteiger partial charge is 0.491 e. The zero-order chi connectivity index (χ0) is 18.1. The van der Waals surface area contributed by atoms with Gasteiger partial charge in [-0.05, 0) is 24.1 Å². The zero-order valence-electron chi connectivity index (χ0n) is 14.8. The van der Waals surface area contributed by atoms with E-state index in [1.807, 2.05) is 55.5 Å². The van der Waals surface area contributed by atoms with E-state index < -0.39 is 0 Å². The van der Waals surface area contributed by atoms with E-state index in [-0.39, 0.29) is 18.4 Å². The highest BCUT2D eigenvalue weighted by Crippen LogP contribution is 2.20. The first-order valence-electron chi connectivity index (χ1n) is 8.38. The molecule has 0 aliphatic heterocycles. The lowest BCUT2D eigenvalue weighted by Gasteiger charge is -2.15. The van der Waals surface area contributed by atoms with Crippen LogP contribution in [-0.2, 0) is 16.1 Å². The molecule has 0 fully saturated rings. The molecule has 1 unspecified atom stereocenters. The number of nitrogens with one attached hydrogen (secondary N) is 1. The molecule has 0 aromatic heterocycles. The maximum atomic E-state index is 12.2. The summed E-state index contributed by atoms with van der Waals surface area (Å²) >= 11 is 0. The van der Waals surface area contributed by atoms with Gasteiger partial charge in [0.25, 0.3) is 0 Å². The van der Waals surface area contributed by atoms with E-state index in [0.29, 0.717) is 19.8 Å². The number of ether oxygens (including phenoxy) is 2. The van der Waals surface area contributed by atoms with Gasteiger partial charge in [-0.3, -0.25) is 4.79 Å². The van der Waals surface area contributed by atoms with E-state index in [2.05, 4.69) is 5.32 Å². The van der Waals surface area contributed by atoms with Crippen LogP contribution in [0.3, 0.4) is 0 Å². The topological polar surface area (TPSA) is 73.6 Å². The lowest BCUT2D eigenvalue weighted by Crippen LogP contribution is -2.27. The Morgan fingerprint density at radius 3 is 2.64 bits per heavy atom. The molecule has 2 aromatic carbocycles. The molecule has 2 aromatic rings. The molecule has 0 aliphatic rings. The van der Waals surface area contributed by atoms with E-state index in [1.54, 1.807) is 7.11 Å². The minimum absolute atomic E-state index is 0.0835. The number of rotatable bonds is 9. The molecule has 0 saturated carbocycles. The highest BCUT2D eigenvalue weighted by atomic mass is 16.5. The molecule has 1 amide bonds. The second kappa shape index (κ2) is 9.81. The molecule has 0 radical (unpaired) electrons. The monoisotopic (exact) mass is 342 g/mol. The van der Waals surface area contributed by atoms with Crippen molar-refractivity contribution in [2.24, 2.45) is 5.73 Å². The number of aryl methyl sites for hydroxylation is 1. The van der Waals surface area contributed by atoms with Crippen molar-refractivity contribution in [2.45, 2.75) is 25.9 Å². The number of nitrogens with two attached hydrogens (primary N) is 1. The van der Waals surface area contributed by atoms with Crippen LogP contribution in [-0.4, -0.2) is 26.2 Å². The molecule has 0 spiro atoms. The molecule has 0 aliphatic carbocycles. The molecule has 5 nitrogen and oxygen atoms in total. The first kappa shape index (κ1) is 19.0. The normalized spacial score (nSPS) is 11.8. The highest BCUT2D eigenvalue weighted by molar-refractivity contribution is 5.76. The predicted molar refractivity (Wildman–Crippen MR) is 98.4 cm³/mol. The first-order valence-corrected chi connectivity index (χ1v) is 8.38. The van der Waals surface area contributed by atoms with Gasteiger partial charge in [0, 0.05) is 31.7 Å². The maximum Gasteiger partial charge on any atom is 0.222 e. The Labute approximate surface area is 149 Å². The van der Waals surface area contributed by atoms with Gasteiger partial charge >= 0.3 is 0 Å². The summed E-state index contributed by atoms with van der Waals surface area (Å²) in [6.45, 7) is 3.40. The molecule has 0 bridgehead atoms. The van der Waals surface area contributed by atoms with Crippen molar-refractivity contribution in [3.63, 3.8) is 0 Å². The van der Waals surface area contributed by atoms with Gasteiger partial charge in [-0.1, -0.05) is 42.5 Å². The van der Waals surface area contributed by atoms with Crippen LogP contribution in [0, 0.1) is 6.92 Å². The summed E-state index contributed by atoms with van der Waals surface area (Å²) in [6, 6.07) is 15.3. The van der Waals surface area contributed by atoms with Crippen LogP contribution in [0.25, 0.3) is 0 Å². The zero-order valence-corrected chi connectivity index (χ0v) is 14.8. The Morgan fingerprint density at radius 2 is 1.92 bits per heavy atom. The molecule has 2 rings (SSSR count). The summed E-state index contributed by atoms with van der Waals surface area (Å²) in [5.41, 5.74) is 9.09. The molecule has 1 atom stereocenters. The molecule has 25 heavy (non-hydrogen) atoms. The van der Waals surface area contributed by atoms with Crippen molar-refractivity contribution >= 4 is 5.91 Å². The summed E-state index contributed by atoms with van der Waals surface area (Å²) in [5.74, 6) is 0.685. The minimum atomic E-state index is -0.309. The maximum absolute atomic E-state index is 12.2. The van der Waals surface area contributed by atoms with Gasteiger partial charge < -0.3 is 20.5 Å². The van der Waals surface area contributed by atoms with Crippen LogP contribution in [0.15, 0.2) is 48.5 Å². The molecule has 0 saturated heterocycles.